The molecule has 2 nitrogen and oxygen atoms in total. The summed E-state index contributed by atoms with van der Waals surface area (Å²) in [6.45, 7) is 0.570. The van der Waals surface area contributed by atoms with Gasteiger partial charge in [0.1, 0.15) is 0 Å². The maximum absolute atomic E-state index is 13.3. The maximum Gasteiger partial charge on any atom is 0.227 e. The van der Waals surface area contributed by atoms with Crippen molar-refractivity contribution in [2.75, 3.05) is 17.2 Å². The van der Waals surface area contributed by atoms with Crippen LogP contribution in [0.2, 0.25) is 10.0 Å². The number of hydrogen-bond donors (Lipinski definition) is 1. The molecule has 1 aliphatic rings. The molecular formula is C11H10Cl2FNOS. The van der Waals surface area contributed by atoms with E-state index in [4.69, 9.17) is 23.2 Å². The molecule has 1 heterocycles. The van der Waals surface area contributed by atoms with E-state index >= 15 is 0 Å². The van der Waals surface area contributed by atoms with Gasteiger partial charge < -0.3 is 4.90 Å². The zero-order chi connectivity index (χ0) is 12.6. The van der Waals surface area contributed by atoms with Gasteiger partial charge in [-0.2, -0.15) is 12.6 Å². The van der Waals surface area contributed by atoms with Crippen molar-refractivity contribution in [3.8, 4) is 0 Å². The number of hydrogen-bond acceptors (Lipinski definition) is 2. The smallest absolute Gasteiger partial charge is 0.227 e. The minimum Gasteiger partial charge on any atom is -0.312 e. The Morgan fingerprint density at radius 1 is 1.41 bits per heavy atom. The zero-order valence-electron chi connectivity index (χ0n) is 8.79. The number of halogens is 3. The van der Waals surface area contributed by atoms with Crippen LogP contribution in [0, 0.1) is 11.7 Å². The van der Waals surface area contributed by atoms with Gasteiger partial charge in [0, 0.05) is 18.7 Å². The van der Waals surface area contributed by atoms with Crippen LogP contribution in [-0.4, -0.2) is 18.2 Å². The monoisotopic (exact) mass is 293 g/mol. The van der Waals surface area contributed by atoms with Gasteiger partial charge in [-0.1, -0.05) is 23.2 Å². The number of anilines is 1. The molecular weight excluding hydrogens is 284 g/mol. The second kappa shape index (κ2) is 5.04. The third-order valence-corrected chi connectivity index (χ3v) is 3.81. The molecule has 1 fully saturated rings. The number of carbonyl (C=O) groups excluding carboxylic acids is 1. The number of amides is 1. The van der Waals surface area contributed by atoms with Crippen molar-refractivity contribution >= 4 is 47.4 Å². The van der Waals surface area contributed by atoms with Gasteiger partial charge in [-0.3, -0.25) is 4.79 Å². The summed E-state index contributed by atoms with van der Waals surface area (Å²) in [6, 6.07) is 2.84. The van der Waals surface area contributed by atoms with Crippen molar-refractivity contribution in [3.63, 3.8) is 0 Å². The molecule has 0 aliphatic carbocycles. The molecule has 1 saturated heterocycles. The Balaban J connectivity index is 2.32. The van der Waals surface area contributed by atoms with Crippen LogP contribution in [0.3, 0.4) is 0 Å². The normalized spacial score (nSPS) is 20.1. The molecule has 0 saturated carbocycles. The van der Waals surface area contributed by atoms with E-state index in [2.05, 4.69) is 12.6 Å². The van der Waals surface area contributed by atoms with Gasteiger partial charge in [-0.15, -0.1) is 0 Å². The van der Waals surface area contributed by atoms with E-state index in [-0.39, 0.29) is 21.9 Å². The molecule has 0 radical (unpaired) electrons. The first-order chi connectivity index (χ1) is 8.02. The Bertz CT molecular complexity index is 446. The van der Waals surface area contributed by atoms with Crippen molar-refractivity contribution < 1.29 is 9.18 Å². The molecule has 1 unspecified atom stereocenters. The molecule has 0 aromatic heterocycles. The molecule has 1 aliphatic heterocycles. The zero-order valence-corrected chi connectivity index (χ0v) is 11.2. The first-order valence-corrected chi connectivity index (χ1v) is 6.47. The second-order valence-corrected chi connectivity index (χ2v) is 5.16. The maximum atomic E-state index is 13.3. The van der Waals surface area contributed by atoms with Crippen molar-refractivity contribution in [3.05, 3.63) is 28.0 Å². The number of rotatable bonds is 2. The molecule has 1 aromatic rings. The lowest BCUT2D eigenvalue weighted by molar-refractivity contribution is -0.117. The minimum absolute atomic E-state index is 0.0113. The molecule has 1 aromatic carbocycles. The Kier molecular flexibility index (Phi) is 3.85. The highest BCUT2D eigenvalue weighted by molar-refractivity contribution is 7.80. The predicted molar refractivity (Wildman–Crippen MR) is 70.7 cm³/mol. The molecule has 0 spiro atoms. The van der Waals surface area contributed by atoms with Crippen molar-refractivity contribution in [2.24, 2.45) is 5.92 Å². The quantitative estimate of drug-likeness (QED) is 0.654. The number of benzene rings is 1. The van der Waals surface area contributed by atoms with E-state index in [0.717, 1.165) is 0 Å². The average Bonchev–Trinajstić information content (AvgIpc) is 2.67. The highest BCUT2D eigenvalue weighted by Gasteiger charge is 2.30. The van der Waals surface area contributed by atoms with Gasteiger partial charge in [0.2, 0.25) is 5.91 Å². The lowest BCUT2D eigenvalue weighted by atomic mass is 10.1. The van der Waals surface area contributed by atoms with Crippen LogP contribution in [0.1, 0.15) is 6.42 Å². The van der Waals surface area contributed by atoms with E-state index in [1.54, 1.807) is 4.90 Å². The molecule has 1 amide bonds. The van der Waals surface area contributed by atoms with Crippen molar-refractivity contribution in [2.45, 2.75) is 6.42 Å². The average molecular weight is 294 g/mol. The Morgan fingerprint density at radius 3 is 2.47 bits per heavy atom. The Labute approximate surface area is 114 Å². The van der Waals surface area contributed by atoms with Gasteiger partial charge in [0.05, 0.1) is 10.0 Å². The topological polar surface area (TPSA) is 20.3 Å². The largest absolute Gasteiger partial charge is 0.312 e. The lowest BCUT2D eigenvalue weighted by Gasteiger charge is -2.17. The lowest BCUT2D eigenvalue weighted by Crippen LogP contribution is -2.24. The predicted octanol–water partition coefficient (Wildman–Crippen LogP) is 3.42. The molecule has 0 N–H and O–H groups in total. The van der Waals surface area contributed by atoms with Gasteiger partial charge >= 0.3 is 0 Å². The summed E-state index contributed by atoms with van der Waals surface area (Å²) in [5.74, 6) is 0.191. The first kappa shape index (κ1) is 13.0. The van der Waals surface area contributed by atoms with Crippen LogP contribution in [-0.2, 0) is 4.79 Å². The van der Waals surface area contributed by atoms with Gasteiger partial charge in [0.25, 0.3) is 0 Å². The van der Waals surface area contributed by atoms with E-state index in [1.807, 2.05) is 0 Å². The fraction of sp³-hybridized carbons (Fsp3) is 0.364. The van der Waals surface area contributed by atoms with Gasteiger partial charge in [-0.05, 0) is 23.8 Å². The number of thiol groups is 1. The third kappa shape index (κ3) is 2.54. The van der Waals surface area contributed by atoms with Crippen LogP contribution in [0.4, 0.5) is 10.1 Å². The van der Waals surface area contributed by atoms with Gasteiger partial charge in [-0.25, -0.2) is 4.39 Å². The van der Waals surface area contributed by atoms with E-state index < -0.39 is 5.82 Å². The van der Waals surface area contributed by atoms with E-state index in [1.165, 1.54) is 12.1 Å². The second-order valence-electron chi connectivity index (χ2n) is 3.98. The van der Waals surface area contributed by atoms with Crippen LogP contribution in [0.25, 0.3) is 0 Å². The highest BCUT2D eigenvalue weighted by atomic mass is 35.5. The van der Waals surface area contributed by atoms with E-state index in [0.29, 0.717) is 24.4 Å². The van der Waals surface area contributed by atoms with Crippen molar-refractivity contribution in [1.82, 2.24) is 0 Å². The fourth-order valence-electron chi connectivity index (χ4n) is 1.85. The summed E-state index contributed by atoms with van der Waals surface area (Å²) in [5, 5.41) is -0.149. The Morgan fingerprint density at radius 2 is 2.00 bits per heavy atom. The number of nitrogens with zero attached hydrogens (tertiary/aromatic N) is 1. The van der Waals surface area contributed by atoms with Crippen LogP contribution in [0.15, 0.2) is 12.1 Å². The minimum atomic E-state index is -0.658. The van der Waals surface area contributed by atoms with Crippen LogP contribution >= 0.6 is 35.8 Å². The summed E-state index contributed by atoms with van der Waals surface area (Å²) in [7, 11) is 0. The third-order valence-electron chi connectivity index (χ3n) is 2.74. The fourth-order valence-corrected chi connectivity index (χ4v) is 2.57. The molecule has 2 rings (SSSR count). The molecule has 0 bridgehead atoms. The first-order valence-electron chi connectivity index (χ1n) is 5.08. The summed E-state index contributed by atoms with van der Waals surface area (Å²) >= 11 is 15.6. The standard InChI is InChI=1S/C11H10Cl2FNOS/c12-8-2-7(3-9(13)11(8)14)15-4-6(5-17)1-10(15)16/h2-3,6,17H,1,4-5H2. The van der Waals surface area contributed by atoms with E-state index in [9.17, 15) is 9.18 Å². The molecule has 92 valence electrons. The number of carbonyl (C=O) groups is 1. The van der Waals surface area contributed by atoms with Crippen molar-refractivity contribution in [1.29, 1.82) is 0 Å². The summed E-state index contributed by atoms with van der Waals surface area (Å²) in [6.07, 6.45) is 0.454. The molecule has 17 heavy (non-hydrogen) atoms. The molecule has 6 heteroatoms. The molecule has 1 atom stereocenters. The van der Waals surface area contributed by atoms with Crippen LogP contribution < -0.4 is 4.90 Å². The SMILES string of the molecule is O=C1CC(CS)CN1c1cc(Cl)c(F)c(Cl)c1. The summed E-state index contributed by atoms with van der Waals surface area (Å²) in [4.78, 5) is 13.3. The van der Waals surface area contributed by atoms with Gasteiger partial charge in [0.15, 0.2) is 5.82 Å². The summed E-state index contributed by atoms with van der Waals surface area (Å²) < 4.78 is 13.3. The highest BCUT2D eigenvalue weighted by Crippen LogP contribution is 2.32. The Hall–Kier alpha value is -0.450. The van der Waals surface area contributed by atoms with Crippen LogP contribution in [0.5, 0.6) is 0 Å². The summed E-state index contributed by atoms with van der Waals surface area (Å²) in [5.41, 5.74) is 0.538.